The van der Waals surface area contributed by atoms with Crippen molar-refractivity contribution in [1.29, 1.82) is 0 Å². The van der Waals surface area contributed by atoms with Gasteiger partial charge in [0.05, 0.1) is 5.69 Å². The van der Waals surface area contributed by atoms with Gasteiger partial charge in [-0.05, 0) is 42.3 Å². The topological polar surface area (TPSA) is 68.5 Å². The van der Waals surface area contributed by atoms with Crippen molar-refractivity contribution in [2.75, 3.05) is 11.9 Å². The minimum atomic E-state index is -0.548. The number of halogens is 2. The zero-order valence-electron chi connectivity index (χ0n) is 14.6. The number of fused-ring (bicyclic) bond motifs is 1. The van der Waals surface area contributed by atoms with Gasteiger partial charge in [0, 0.05) is 22.0 Å². The Labute approximate surface area is 163 Å². The molecule has 0 radical (unpaired) electrons. The Morgan fingerprint density at radius 2 is 2.04 bits per heavy atom. The maximum absolute atomic E-state index is 13.8. The van der Waals surface area contributed by atoms with E-state index in [9.17, 15) is 14.0 Å². The smallest absolute Gasteiger partial charge is 0.336 e. The molecule has 2 aromatic carbocycles. The maximum atomic E-state index is 13.8. The van der Waals surface area contributed by atoms with Crippen LogP contribution in [0.3, 0.4) is 0 Å². The fourth-order valence-corrected chi connectivity index (χ4v) is 3.04. The van der Waals surface area contributed by atoms with Gasteiger partial charge in [-0.1, -0.05) is 29.3 Å². The fraction of sp³-hybridized carbons (Fsp3) is 0.200. The van der Waals surface area contributed by atoms with Crippen molar-refractivity contribution in [3.8, 4) is 5.75 Å². The van der Waals surface area contributed by atoms with Crippen LogP contribution in [0.25, 0.3) is 11.0 Å². The van der Waals surface area contributed by atoms with Crippen LogP contribution in [-0.4, -0.2) is 12.5 Å². The zero-order chi connectivity index (χ0) is 19.4. The molecular formula is C20H17BrFNO4. The quantitative estimate of drug-likeness (QED) is 0.573. The first-order valence-corrected chi connectivity index (χ1v) is 9.20. The lowest BCUT2D eigenvalue weighted by Gasteiger charge is -2.10. The average molecular weight is 434 g/mol. The molecule has 5 nitrogen and oxygen atoms in total. The molecule has 0 fully saturated rings. The summed E-state index contributed by atoms with van der Waals surface area (Å²) in [7, 11) is 0. The number of ether oxygens (including phenoxy) is 1. The first-order valence-electron chi connectivity index (χ1n) is 8.40. The minimum Gasteiger partial charge on any atom is -0.484 e. The zero-order valence-corrected chi connectivity index (χ0v) is 16.1. The molecule has 0 aliphatic rings. The predicted molar refractivity (Wildman–Crippen MR) is 105 cm³/mol. The summed E-state index contributed by atoms with van der Waals surface area (Å²) < 4.78 is 25.0. The highest BCUT2D eigenvalue weighted by Gasteiger charge is 2.10. The third-order valence-corrected chi connectivity index (χ3v) is 4.39. The number of benzene rings is 2. The van der Waals surface area contributed by atoms with E-state index in [1.807, 2.05) is 6.92 Å². The summed E-state index contributed by atoms with van der Waals surface area (Å²) in [6, 6.07) is 10.9. The van der Waals surface area contributed by atoms with Crippen LogP contribution >= 0.6 is 15.9 Å². The lowest BCUT2D eigenvalue weighted by molar-refractivity contribution is -0.118. The van der Waals surface area contributed by atoms with E-state index in [2.05, 4.69) is 21.2 Å². The molecule has 0 bridgehead atoms. The van der Waals surface area contributed by atoms with Crippen molar-refractivity contribution in [2.45, 2.75) is 19.8 Å². The fourth-order valence-electron chi connectivity index (χ4n) is 2.70. The van der Waals surface area contributed by atoms with Crippen LogP contribution in [0.15, 0.2) is 56.1 Å². The summed E-state index contributed by atoms with van der Waals surface area (Å²) in [4.78, 5) is 23.7. The predicted octanol–water partition coefficient (Wildman–Crippen LogP) is 4.66. The highest BCUT2D eigenvalue weighted by atomic mass is 79.9. The molecule has 27 heavy (non-hydrogen) atoms. The molecule has 0 spiro atoms. The number of aryl methyl sites for hydroxylation is 1. The lowest BCUT2D eigenvalue weighted by Crippen LogP contribution is -2.20. The van der Waals surface area contributed by atoms with E-state index in [0.717, 1.165) is 23.8 Å². The second kappa shape index (κ2) is 8.35. The third-order valence-electron chi connectivity index (χ3n) is 3.90. The van der Waals surface area contributed by atoms with Gasteiger partial charge in [-0.15, -0.1) is 0 Å². The van der Waals surface area contributed by atoms with Gasteiger partial charge >= 0.3 is 5.63 Å². The van der Waals surface area contributed by atoms with Crippen LogP contribution in [0.5, 0.6) is 5.75 Å². The van der Waals surface area contributed by atoms with Gasteiger partial charge in [0.15, 0.2) is 6.61 Å². The summed E-state index contributed by atoms with van der Waals surface area (Å²) in [5.74, 6) is -0.670. The van der Waals surface area contributed by atoms with E-state index >= 15 is 0 Å². The Morgan fingerprint density at radius 1 is 1.22 bits per heavy atom. The van der Waals surface area contributed by atoms with Gasteiger partial charge < -0.3 is 14.5 Å². The first kappa shape index (κ1) is 19.1. The molecule has 140 valence electrons. The van der Waals surface area contributed by atoms with E-state index in [1.54, 1.807) is 24.3 Å². The SMILES string of the molecule is CCCc1cc(=O)oc2cc(OCC(=O)Nc3ccc(Br)cc3F)ccc12. The average Bonchev–Trinajstić information content (AvgIpc) is 2.62. The Hall–Kier alpha value is -2.67. The number of nitrogens with one attached hydrogen (secondary N) is 1. The van der Waals surface area contributed by atoms with E-state index < -0.39 is 17.3 Å². The summed E-state index contributed by atoms with van der Waals surface area (Å²) in [6.45, 7) is 1.73. The largest absolute Gasteiger partial charge is 0.484 e. The van der Waals surface area contributed by atoms with Crippen LogP contribution in [0.1, 0.15) is 18.9 Å². The standard InChI is InChI=1S/C20H17BrFNO4/c1-2-3-12-8-20(25)27-18-10-14(5-6-15(12)18)26-11-19(24)23-17-7-4-13(21)9-16(17)22/h4-10H,2-3,11H2,1H3,(H,23,24). The molecule has 0 saturated heterocycles. The van der Waals surface area contributed by atoms with Crippen LogP contribution in [0.4, 0.5) is 10.1 Å². The molecule has 0 atom stereocenters. The third kappa shape index (κ3) is 4.74. The van der Waals surface area contributed by atoms with Gasteiger partial charge in [-0.25, -0.2) is 9.18 Å². The van der Waals surface area contributed by atoms with Crippen LogP contribution in [0.2, 0.25) is 0 Å². The maximum Gasteiger partial charge on any atom is 0.336 e. The Bertz CT molecular complexity index is 1050. The lowest BCUT2D eigenvalue weighted by atomic mass is 10.1. The highest BCUT2D eigenvalue weighted by Crippen LogP contribution is 2.24. The van der Waals surface area contributed by atoms with E-state index in [0.29, 0.717) is 15.8 Å². The Morgan fingerprint density at radius 3 is 2.78 bits per heavy atom. The molecule has 3 rings (SSSR count). The van der Waals surface area contributed by atoms with Crippen molar-refractivity contribution < 1.29 is 18.3 Å². The molecule has 1 amide bonds. The van der Waals surface area contributed by atoms with E-state index in [-0.39, 0.29) is 12.3 Å². The van der Waals surface area contributed by atoms with Gasteiger partial charge in [0.2, 0.25) is 0 Å². The number of amides is 1. The summed E-state index contributed by atoms with van der Waals surface area (Å²) in [5.41, 5.74) is 0.966. The van der Waals surface area contributed by atoms with Crippen molar-refractivity contribution in [3.63, 3.8) is 0 Å². The molecular weight excluding hydrogens is 417 g/mol. The van der Waals surface area contributed by atoms with Crippen molar-refractivity contribution in [2.24, 2.45) is 0 Å². The molecule has 1 N–H and O–H groups in total. The summed E-state index contributed by atoms with van der Waals surface area (Å²) in [6.07, 6.45) is 1.67. The molecule has 0 saturated carbocycles. The number of hydrogen-bond donors (Lipinski definition) is 1. The molecule has 0 aliphatic heterocycles. The van der Waals surface area contributed by atoms with E-state index in [1.165, 1.54) is 18.2 Å². The molecule has 7 heteroatoms. The number of hydrogen-bond acceptors (Lipinski definition) is 4. The second-order valence-electron chi connectivity index (χ2n) is 5.96. The monoisotopic (exact) mass is 433 g/mol. The van der Waals surface area contributed by atoms with Crippen molar-refractivity contribution in [1.82, 2.24) is 0 Å². The van der Waals surface area contributed by atoms with Gasteiger partial charge in [0.25, 0.3) is 5.91 Å². The summed E-state index contributed by atoms with van der Waals surface area (Å²) >= 11 is 3.15. The molecule has 1 heterocycles. The van der Waals surface area contributed by atoms with Crippen molar-refractivity contribution >= 4 is 38.5 Å². The Balaban J connectivity index is 1.71. The number of rotatable bonds is 6. The van der Waals surface area contributed by atoms with Crippen molar-refractivity contribution in [3.05, 3.63) is 68.7 Å². The van der Waals surface area contributed by atoms with Gasteiger partial charge in [-0.2, -0.15) is 0 Å². The minimum absolute atomic E-state index is 0.0699. The first-order chi connectivity index (χ1) is 13.0. The molecule has 1 aromatic heterocycles. The summed E-state index contributed by atoms with van der Waals surface area (Å²) in [5, 5.41) is 3.28. The van der Waals surface area contributed by atoms with Crippen LogP contribution in [0, 0.1) is 5.82 Å². The van der Waals surface area contributed by atoms with Crippen LogP contribution in [-0.2, 0) is 11.2 Å². The molecule has 0 unspecified atom stereocenters. The number of carbonyl (C=O) groups is 1. The molecule has 3 aromatic rings. The van der Waals surface area contributed by atoms with Gasteiger partial charge in [-0.3, -0.25) is 4.79 Å². The normalized spacial score (nSPS) is 10.8. The Kier molecular flexibility index (Phi) is 5.91. The second-order valence-corrected chi connectivity index (χ2v) is 6.88. The number of carbonyl (C=O) groups excluding carboxylic acids is 1. The molecule has 0 aliphatic carbocycles. The van der Waals surface area contributed by atoms with Gasteiger partial charge in [0.1, 0.15) is 17.1 Å². The highest BCUT2D eigenvalue weighted by molar-refractivity contribution is 9.10. The van der Waals surface area contributed by atoms with E-state index in [4.69, 9.17) is 9.15 Å². The number of anilines is 1. The van der Waals surface area contributed by atoms with Crippen LogP contribution < -0.4 is 15.7 Å².